The van der Waals surface area contributed by atoms with E-state index in [0.29, 0.717) is 17.8 Å². The fraction of sp³-hybridized carbons (Fsp3) is 0.421. The lowest BCUT2D eigenvalue weighted by Crippen LogP contribution is -2.41. The van der Waals surface area contributed by atoms with Crippen molar-refractivity contribution in [3.05, 3.63) is 42.2 Å². The van der Waals surface area contributed by atoms with Gasteiger partial charge in [0.2, 0.25) is 5.91 Å². The molecule has 8 nitrogen and oxygen atoms in total. The number of amides is 2. The summed E-state index contributed by atoms with van der Waals surface area (Å²) in [7, 11) is 1.88. The van der Waals surface area contributed by atoms with Gasteiger partial charge in [0.1, 0.15) is 0 Å². The second kappa shape index (κ2) is 10.3. The Kier molecular flexibility index (Phi) is 7.46. The van der Waals surface area contributed by atoms with E-state index in [1.807, 2.05) is 17.8 Å². The van der Waals surface area contributed by atoms with Gasteiger partial charge in [-0.15, -0.1) is 0 Å². The minimum absolute atomic E-state index is 0.179. The van der Waals surface area contributed by atoms with Crippen molar-refractivity contribution in [2.24, 2.45) is 7.05 Å². The standard InChI is InChI=1S/C19H25N5O3S/c1-23-8-6-21-19(23)28-14-17(25)22-16-5-3-2-4-15(16)18(26)20-7-9-24-10-12-27-13-11-24/h2-6,8H,7,9-14H2,1H3,(H,20,26)(H,22,25). The van der Waals surface area contributed by atoms with Gasteiger partial charge in [0.15, 0.2) is 5.16 Å². The first-order valence-electron chi connectivity index (χ1n) is 9.21. The summed E-state index contributed by atoms with van der Waals surface area (Å²) in [5.74, 6) is -0.153. The lowest BCUT2D eigenvalue weighted by Gasteiger charge is -2.26. The van der Waals surface area contributed by atoms with Gasteiger partial charge in [0.05, 0.1) is 30.2 Å². The van der Waals surface area contributed by atoms with Crippen LogP contribution < -0.4 is 10.6 Å². The number of nitrogens with one attached hydrogen (secondary N) is 2. The molecule has 2 N–H and O–H groups in total. The van der Waals surface area contributed by atoms with E-state index < -0.39 is 0 Å². The highest BCUT2D eigenvalue weighted by Gasteiger charge is 2.15. The number of carbonyl (C=O) groups is 2. The summed E-state index contributed by atoms with van der Waals surface area (Å²) in [4.78, 5) is 31.3. The lowest BCUT2D eigenvalue weighted by atomic mass is 10.1. The van der Waals surface area contributed by atoms with E-state index in [9.17, 15) is 9.59 Å². The average molecular weight is 404 g/mol. The molecule has 1 aliphatic heterocycles. The number of benzene rings is 1. The first-order valence-corrected chi connectivity index (χ1v) is 10.2. The fourth-order valence-electron chi connectivity index (χ4n) is 2.85. The quantitative estimate of drug-likeness (QED) is 0.644. The summed E-state index contributed by atoms with van der Waals surface area (Å²) in [6.07, 6.45) is 3.52. The number of ether oxygens (including phenoxy) is 1. The summed E-state index contributed by atoms with van der Waals surface area (Å²) in [5.41, 5.74) is 0.969. The van der Waals surface area contributed by atoms with Crippen LogP contribution in [0.15, 0.2) is 41.8 Å². The van der Waals surface area contributed by atoms with Gasteiger partial charge in [-0.2, -0.15) is 0 Å². The van der Waals surface area contributed by atoms with Crippen molar-refractivity contribution in [2.45, 2.75) is 5.16 Å². The molecule has 0 bridgehead atoms. The Bertz CT molecular complexity index is 804. The molecule has 0 spiro atoms. The van der Waals surface area contributed by atoms with Gasteiger partial charge in [-0.3, -0.25) is 14.5 Å². The number of thioether (sulfide) groups is 1. The minimum atomic E-state index is -0.194. The zero-order valence-corrected chi connectivity index (χ0v) is 16.7. The number of nitrogens with zero attached hydrogens (tertiary/aromatic N) is 3. The highest BCUT2D eigenvalue weighted by molar-refractivity contribution is 7.99. The lowest BCUT2D eigenvalue weighted by molar-refractivity contribution is -0.113. The van der Waals surface area contributed by atoms with E-state index in [1.165, 1.54) is 11.8 Å². The summed E-state index contributed by atoms with van der Waals surface area (Å²) in [6, 6.07) is 7.03. The van der Waals surface area contributed by atoms with E-state index in [-0.39, 0.29) is 17.6 Å². The number of carbonyl (C=O) groups excluding carboxylic acids is 2. The predicted octanol–water partition coefficient (Wildman–Crippen LogP) is 1.21. The molecule has 1 aliphatic rings. The van der Waals surface area contributed by atoms with Crippen LogP contribution in [0.3, 0.4) is 0 Å². The Morgan fingerprint density at radius 3 is 2.79 bits per heavy atom. The third-order valence-corrected chi connectivity index (χ3v) is 5.43. The Morgan fingerprint density at radius 1 is 1.25 bits per heavy atom. The van der Waals surface area contributed by atoms with Gasteiger partial charge in [-0.25, -0.2) is 4.98 Å². The van der Waals surface area contributed by atoms with Crippen molar-refractivity contribution in [2.75, 3.05) is 50.5 Å². The van der Waals surface area contributed by atoms with Gasteiger partial charge in [-0.1, -0.05) is 23.9 Å². The maximum Gasteiger partial charge on any atom is 0.253 e. The van der Waals surface area contributed by atoms with Crippen LogP contribution in [0.4, 0.5) is 5.69 Å². The molecule has 0 radical (unpaired) electrons. The molecule has 2 heterocycles. The number of aromatic nitrogens is 2. The van der Waals surface area contributed by atoms with Crippen LogP contribution in [0.25, 0.3) is 0 Å². The molecule has 2 aromatic rings. The normalized spacial score (nSPS) is 14.6. The van der Waals surface area contributed by atoms with Crippen LogP contribution in [0.5, 0.6) is 0 Å². The van der Waals surface area contributed by atoms with Crippen molar-refractivity contribution in [3.8, 4) is 0 Å². The molecule has 3 rings (SSSR count). The van der Waals surface area contributed by atoms with Crippen molar-refractivity contribution in [3.63, 3.8) is 0 Å². The molecule has 1 fully saturated rings. The zero-order valence-electron chi connectivity index (χ0n) is 15.9. The van der Waals surface area contributed by atoms with Crippen molar-refractivity contribution in [1.82, 2.24) is 19.8 Å². The van der Waals surface area contributed by atoms with Crippen molar-refractivity contribution < 1.29 is 14.3 Å². The first kappa shape index (κ1) is 20.4. The van der Waals surface area contributed by atoms with Crippen LogP contribution >= 0.6 is 11.8 Å². The third kappa shape index (κ3) is 5.82. The van der Waals surface area contributed by atoms with Gasteiger partial charge in [-0.05, 0) is 12.1 Å². The van der Waals surface area contributed by atoms with Crippen LogP contribution in [-0.2, 0) is 16.6 Å². The molecule has 9 heteroatoms. The molecule has 1 saturated heterocycles. The summed E-state index contributed by atoms with van der Waals surface area (Å²) < 4.78 is 7.18. The van der Waals surface area contributed by atoms with E-state index in [0.717, 1.165) is 38.0 Å². The molecule has 150 valence electrons. The minimum Gasteiger partial charge on any atom is -0.379 e. The van der Waals surface area contributed by atoms with Crippen molar-refractivity contribution in [1.29, 1.82) is 0 Å². The molecular formula is C19H25N5O3S. The summed E-state index contributed by atoms with van der Waals surface area (Å²) in [5, 5.41) is 6.53. The second-order valence-corrected chi connectivity index (χ2v) is 7.36. The zero-order chi connectivity index (χ0) is 19.8. The maximum absolute atomic E-state index is 12.6. The molecule has 0 unspecified atom stereocenters. The van der Waals surface area contributed by atoms with Gasteiger partial charge >= 0.3 is 0 Å². The molecule has 2 amide bonds. The largest absolute Gasteiger partial charge is 0.379 e. The molecule has 28 heavy (non-hydrogen) atoms. The Hall–Kier alpha value is -2.36. The average Bonchev–Trinajstić information content (AvgIpc) is 3.12. The summed E-state index contributed by atoms with van der Waals surface area (Å²) >= 11 is 1.35. The van der Waals surface area contributed by atoms with E-state index in [2.05, 4.69) is 20.5 Å². The number of hydrogen-bond donors (Lipinski definition) is 2. The monoisotopic (exact) mass is 403 g/mol. The van der Waals surface area contributed by atoms with Gasteiger partial charge < -0.3 is 19.9 Å². The number of rotatable bonds is 8. The molecule has 1 aromatic carbocycles. The smallest absolute Gasteiger partial charge is 0.253 e. The first-order chi connectivity index (χ1) is 13.6. The van der Waals surface area contributed by atoms with Crippen LogP contribution in [0, 0.1) is 0 Å². The SMILES string of the molecule is Cn1ccnc1SCC(=O)Nc1ccccc1C(=O)NCCN1CCOCC1. The number of imidazole rings is 1. The number of anilines is 1. The van der Waals surface area contributed by atoms with Crippen molar-refractivity contribution >= 4 is 29.3 Å². The van der Waals surface area contributed by atoms with E-state index >= 15 is 0 Å². The van der Waals surface area contributed by atoms with Crippen LogP contribution in [-0.4, -0.2) is 71.4 Å². The Balaban J connectivity index is 1.50. The van der Waals surface area contributed by atoms with E-state index in [4.69, 9.17) is 4.74 Å². The number of aryl methyl sites for hydroxylation is 1. The second-order valence-electron chi connectivity index (χ2n) is 6.41. The Morgan fingerprint density at radius 2 is 2.04 bits per heavy atom. The number of morpholine rings is 1. The summed E-state index contributed by atoms with van der Waals surface area (Å²) in [6.45, 7) is 4.57. The number of para-hydroxylation sites is 1. The van der Waals surface area contributed by atoms with Crippen LogP contribution in [0.1, 0.15) is 10.4 Å². The number of hydrogen-bond acceptors (Lipinski definition) is 6. The molecular weight excluding hydrogens is 378 g/mol. The van der Waals surface area contributed by atoms with Crippen LogP contribution in [0.2, 0.25) is 0 Å². The van der Waals surface area contributed by atoms with Gasteiger partial charge in [0.25, 0.3) is 5.91 Å². The third-order valence-electron chi connectivity index (χ3n) is 4.37. The molecule has 1 aromatic heterocycles. The molecule has 0 atom stereocenters. The van der Waals surface area contributed by atoms with Gasteiger partial charge in [0, 0.05) is 45.6 Å². The Labute approximate surface area is 168 Å². The fourth-order valence-corrected chi connectivity index (χ4v) is 3.58. The highest BCUT2D eigenvalue weighted by Crippen LogP contribution is 2.18. The highest BCUT2D eigenvalue weighted by atomic mass is 32.2. The maximum atomic E-state index is 12.6. The molecule has 0 aliphatic carbocycles. The van der Waals surface area contributed by atoms with E-state index in [1.54, 1.807) is 30.5 Å². The predicted molar refractivity (Wildman–Crippen MR) is 109 cm³/mol. The molecule has 0 saturated carbocycles. The topological polar surface area (TPSA) is 88.5 Å².